The molecule has 8 heteroatoms. The molecule has 3 amide bonds. The molecule has 1 aromatic rings. The molecule has 0 bridgehead atoms. The minimum Gasteiger partial charge on any atom is -0.338 e. The van der Waals surface area contributed by atoms with Gasteiger partial charge < -0.3 is 5.32 Å². The highest BCUT2D eigenvalue weighted by molar-refractivity contribution is 5.95. The maximum absolute atomic E-state index is 12.9. The maximum Gasteiger partial charge on any atom is 0.416 e. The predicted octanol–water partition coefficient (Wildman–Crippen LogP) is 1.98. The SMILES string of the molecule is CCNC(=O)NC(=O)CN(C)Cc1ccccc1C(F)(F)F. The smallest absolute Gasteiger partial charge is 0.338 e. The number of imide groups is 1. The number of amides is 3. The van der Waals surface area contributed by atoms with Crippen LogP contribution in [0.25, 0.3) is 0 Å². The Kier molecular flexibility index (Phi) is 6.36. The number of urea groups is 1. The Bertz CT molecular complexity index is 532. The summed E-state index contributed by atoms with van der Waals surface area (Å²) in [7, 11) is 1.50. The lowest BCUT2D eigenvalue weighted by molar-refractivity contribution is -0.138. The summed E-state index contributed by atoms with van der Waals surface area (Å²) in [6.07, 6.45) is -4.44. The standard InChI is InChI=1S/C14H18F3N3O2/c1-3-18-13(22)19-12(21)9-20(2)8-10-6-4-5-7-11(10)14(15,16)17/h4-7H,3,8-9H2,1-2H3,(H2,18,19,21,22). The van der Waals surface area contributed by atoms with Crippen molar-refractivity contribution in [2.45, 2.75) is 19.6 Å². The van der Waals surface area contributed by atoms with Crippen LogP contribution in [0.2, 0.25) is 0 Å². The van der Waals surface area contributed by atoms with Crippen molar-refractivity contribution in [1.29, 1.82) is 0 Å². The Hall–Kier alpha value is -2.09. The summed E-state index contributed by atoms with van der Waals surface area (Å²) in [6, 6.07) is 4.55. The Morgan fingerprint density at radius 1 is 1.23 bits per heavy atom. The second-order valence-electron chi connectivity index (χ2n) is 4.73. The number of nitrogens with one attached hydrogen (secondary N) is 2. The second-order valence-corrected chi connectivity index (χ2v) is 4.73. The van der Waals surface area contributed by atoms with Crippen LogP contribution in [-0.2, 0) is 17.5 Å². The van der Waals surface area contributed by atoms with Crippen molar-refractivity contribution in [3.63, 3.8) is 0 Å². The van der Waals surface area contributed by atoms with Gasteiger partial charge in [-0.2, -0.15) is 13.2 Å². The van der Waals surface area contributed by atoms with E-state index in [-0.39, 0.29) is 18.7 Å². The molecule has 0 unspecified atom stereocenters. The van der Waals surface area contributed by atoms with E-state index < -0.39 is 23.7 Å². The van der Waals surface area contributed by atoms with Gasteiger partial charge in [-0.25, -0.2) is 4.79 Å². The quantitative estimate of drug-likeness (QED) is 0.873. The van der Waals surface area contributed by atoms with Crippen LogP contribution in [0.3, 0.4) is 0 Å². The summed E-state index contributed by atoms with van der Waals surface area (Å²) in [5.41, 5.74) is -0.658. The van der Waals surface area contributed by atoms with Gasteiger partial charge in [-0.1, -0.05) is 18.2 Å². The van der Waals surface area contributed by atoms with E-state index in [2.05, 4.69) is 10.6 Å². The van der Waals surface area contributed by atoms with Gasteiger partial charge in [0.05, 0.1) is 12.1 Å². The lowest BCUT2D eigenvalue weighted by Gasteiger charge is -2.19. The van der Waals surface area contributed by atoms with Crippen LogP contribution < -0.4 is 10.6 Å². The van der Waals surface area contributed by atoms with Gasteiger partial charge in [-0.3, -0.25) is 15.0 Å². The fraction of sp³-hybridized carbons (Fsp3) is 0.429. The molecule has 1 aromatic carbocycles. The zero-order valence-corrected chi connectivity index (χ0v) is 12.3. The van der Waals surface area contributed by atoms with Crippen molar-refractivity contribution < 1.29 is 22.8 Å². The fourth-order valence-electron chi connectivity index (χ4n) is 1.90. The first-order valence-electron chi connectivity index (χ1n) is 6.65. The van der Waals surface area contributed by atoms with Gasteiger partial charge in [-0.05, 0) is 25.6 Å². The second kappa shape index (κ2) is 7.79. The number of hydrogen-bond acceptors (Lipinski definition) is 3. The molecule has 0 saturated carbocycles. The van der Waals surface area contributed by atoms with Gasteiger partial charge in [-0.15, -0.1) is 0 Å². The molecule has 0 aromatic heterocycles. The molecule has 0 spiro atoms. The Morgan fingerprint density at radius 3 is 2.45 bits per heavy atom. The first kappa shape index (κ1) is 18.0. The normalized spacial score (nSPS) is 11.4. The summed E-state index contributed by atoms with van der Waals surface area (Å²) in [4.78, 5) is 24.1. The number of alkyl halides is 3. The van der Waals surface area contributed by atoms with Gasteiger partial charge >= 0.3 is 12.2 Å². The van der Waals surface area contributed by atoms with E-state index in [0.29, 0.717) is 6.54 Å². The van der Waals surface area contributed by atoms with Crippen LogP contribution in [0.1, 0.15) is 18.1 Å². The van der Waals surface area contributed by atoms with Crippen molar-refractivity contribution in [1.82, 2.24) is 15.5 Å². The summed E-state index contributed by atoms with van der Waals surface area (Å²) in [6.45, 7) is 1.82. The fourth-order valence-corrected chi connectivity index (χ4v) is 1.90. The van der Waals surface area contributed by atoms with E-state index in [9.17, 15) is 22.8 Å². The average Bonchev–Trinajstić information content (AvgIpc) is 2.37. The molecule has 0 aliphatic rings. The Morgan fingerprint density at radius 2 is 1.86 bits per heavy atom. The highest BCUT2D eigenvalue weighted by Crippen LogP contribution is 2.32. The van der Waals surface area contributed by atoms with Crippen LogP contribution in [0.5, 0.6) is 0 Å². The summed E-state index contributed by atoms with van der Waals surface area (Å²) < 4.78 is 38.6. The average molecular weight is 317 g/mol. The van der Waals surface area contributed by atoms with E-state index in [0.717, 1.165) is 6.07 Å². The number of halogens is 3. The van der Waals surface area contributed by atoms with E-state index in [4.69, 9.17) is 0 Å². The van der Waals surface area contributed by atoms with Crippen LogP contribution in [0.4, 0.5) is 18.0 Å². The largest absolute Gasteiger partial charge is 0.416 e. The summed E-state index contributed by atoms with van der Waals surface area (Å²) in [5, 5.41) is 4.48. The number of carbonyl (C=O) groups excluding carboxylic acids is 2. The van der Waals surface area contributed by atoms with Crippen LogP contribution >= 0.6 is 0 Å². The molecule has 0 heterocycles. The van der Waals surface area contributed by atoms with Crippen molar-refractivity contribution in [2.75, 3.05) is 20.1 Å². The first-order chi connectivity index (χ1) is 10.2. The number of hydrogen-bond donors (Lipinski definition) is 2. The molecule has 0 saturated heterocycles. The molecule has 0 atom stereocenters. The van der Waals surface area contributed by atoms with Crippen molar-refractivity contribution in [3.8, 4) is 0 Å². The van der Waals surface area contributed by atoms with E-state index in [1.165, 1.54) is 30.1 Å². The molecule has 1 rings (SSSR count). The zero-order valence-electron chi connectivity index (χ0n) is 12.3. The molecule has 122 valence electrons. The third kappa shape index (κ3) is 5.72. The number of benzene rings is 1. The highest BCUT2D eigenvalue weighted by Gasteiger charge is 2.33. The molecule has 22 heavy (non-hydrogen) atoms. The molecule has 2 N–H and O–H groups in total. The lowest BCUT2D eigenvalue weighted by Crippen LogP contribution is -2.43. The number of nitrogens with zero attached hydrogens (tertiary/aromatic N) is 1. The van der Waals surface area contributed by atoms with Gasteiger partial charge in [0.25, 0.3) is 0 Å². The third-order valence-corrected chi connectivity index (χ3v) is 2.77. The van der Waals surface area contributed by atoms with Gasteiger partial charge in [0.15, 0.2) is 0 Å². The Balaban J connectivity index is 2.64. The van der Waals surface area contributed by atoms with Crippen molar-refractivity contribution in [2.24, 2.45) is 0 Å². The van der Waals surface area contributed by atoms with Crippen LogP contribution in [0, 0.1) is 0 Å². The lowest BCUT2D eigenvalue weighted by atomic mass is 10.1. The van der Waals surface area contributed by atoms with Gasteiger partial charge in [0.2, 0.25) is 5.91 Å². The number of rotatable bonds is 5. The van der Waals surface area contributed by atoms with E-state index >= 15 is 0 Å². The highest BCUT2D eigenvalue weighted by atomic mass is 19.4. The summed E-state index contributed by atoms with van der Waals surface area (Å²) in [5.74, 6) is -0.585. The zero-order chi connectivity index (χ0) is 16.8. The Labute approximate surface area is 126 Å². The van der Waals surface area contributed by atoms with E-state index in [1.54, 1.807) is 6.92 Å². The molecule has 0 radical (unpaired) electrons. The third-order valence-electron chi connectivity index (χ3n) is 2.77. The molecule has 0 aliphatic heterocycles. The predicted molar refractivity (Wildman–Crippen MR) is 75.0 cm³/mol. The minimum absolute atomic E-state index is 0.0570. The van der Waals surface area contributed by atoms with Crippen molar-refractivity contribution in [3.05, 3.63) is 35.4 Å². The monoisotopic (exact) mass is 317 g/mol. The molecule has 0 fully saturated rings. The number of carbonyl (C=O) groups is 2. The maximum atomic E-state index is 12.9. The molecular weight excluding hydrogens is 299 g/mol. The summed E-state index contributed by atoms with van der Waals surface area (Å²) >= 11 is 0. The first-order valence-corrected chi connectivity index (χ1v) is 6.65. The van der Waals surface area contributed by atoms with Crippen LogP contribution in [0.15, 0.2) is 24.3 Å². The molecular formula is C14H18F3N3O2. The topological polar surface area (TPSA) is 61.4 Å². The van der Waals surface area contributed by atoms with E-state index in [1.807, 2.05) is 0 Å². The van der Waals surface area contributed by atoms with Gasteiger partial charge in [0.1, 0.15) is 0 Å². The molecule has 0 aliphatic carbocycles. The minimum atomic E-state index is -4.44. The van der Waals surface area contributed by atoms with Crippen molar-refractivity contribution >= 4 is 11.9 Å². The van der Waals surface area contributed by atoms with Gasteiger partial charge in [0, 0.05) is 13.1 Å². The van der Waals surface area contributed by atoms with Crippen LogP contribution in [-0.4, -0.2) is 37.0 Å². The molecule has 5 nitrogen and oxygen atoms in total. The number of likely N-dealkylation sites (N-methyl/N-ethyl adjacent to an activating group) is 1.